The summed E-state index contributed by atoms with van der Waals surface area (Å²) in [6, 6.07) is 8.40. The summed E-state index contributed by atoms with van der Waals surface area (Å²) in [4.78, 5) is 0. The minimum Gasteiger partial charge on any atom is -0.455 e. The first kappa shape index (κ1) is 13.1. The van der Waals surface area contributed by atoms with Crippen LogP contribution in [0.2, 0.25) is 0 Å². The van der Waals surface area contributed by atoms with Gasteiger partial charge in [0.2, 0.25) is 0 Å². The monoisotopic (exact) mass is 562 g/mol. The Morgan fingerprint density at radius 2 is 0.977 bits per heavy atom. The number of rotatable bonds is 3. The summed E-state index contributed by atoms with van der Waals surface area (Å²) in [5, 5.41) is 1.42. The Labute approximate surface area is 271 Å². The summed E-state index contributed by atoms with van der Waals surface area (Å²) >= 11 is 0. The number of para-hydroxylation sites is 2. The normalized spacial score (nSPS) is 16.9. The van der Waals surface area contributed by atoms with Crippen LogP contribution in [0, 0.1) is 0 Å². The van der Waals surface area contributed by atoms with Gasteiger partial charge in [-0.2, -0.15) is 0 Å². The van der Waals surface area contributed by atoms with Gasteiger partial charge in [0, 0.05) is 16.3 Å². The highest BCUT2D eigenvalue weighted by molar-refractivity contribution is 6.24. The fourth-order valence-electron chi connectivity index (χ4n) is 6.07. The number of benzene rings is 8. The third-order valence-corrected chi connectivity index (χ3v) is 7.83. The second-order valence-corrected chi connectivity index (χ2v) is 10.0. The lowest BCUT2D eigenvalue weighted by Crippen LogP contribution is -1.92. The van der Waals surface area contributed by atoms with Crippen LogP contribution in [0.25, 0.3) is 87.6 Å². The van der Waals surface area contributed by atoms with E-state index in [-0.39, 0.29) is 61.3 Å². The molecule has 0 spiro atoms. The van der Waals surface area contributed by atoms with Gasteiger partial charge in [-0.25, -0.2) is 0 Å². The molecule has 9 rings (SSSR count). The minimum atomic E-state index is -0.694. The molecule has 1 heterocycles. The van der Waals surface area contributed by atoms with Gasteiger partial charge in [0.1, 0.15) is 11.2 Å². The van der Waals surface area contributed by atoms with Gasteiger partial charge in [0.25, 0.3) is 0 Å². The number of hydrogen-bond donors (Lipinski definition) is 0. The van der Waals surface area contributed by atoms with Crippen molar-refractivity contribution in [3.8, 4) is 33.4 Å². The highest BCUT2D eigenvalue weighted by Gasteiger charge is 2.20. The molecule has 200 valence electrons. The first-order valence-corrected chi connectivity index (χ1v) is 13.5. The molecule has 0 fully saturated rings. The SMILES string of the molecule is [2H]c1cc2c(-c3c([2H])c([2H])c([2H])c([2H])c3[2H])c3c([2H])c([2H])c([2H])c([2H])c3c(-c3ccc(-c4cccc5c4oc4c([2H])c([2H])c([2H])c([2H])c45)c4ccccc34)c2c([2H])c1[2H]. The summed E-state index contributed by atoms with van der Waals surface area (Å²) in [6.07, 6.45) is 0. The molecular weight excluding hydrogens is 520 g/mol. The Morgan fingerprint density at radius 3 is 1.79 bits per heavy atom. The first-order valence-electron chi connectivity index (χ1n) is 21.5. The molecule has 0 bridgehead atoms. The Morgan fingerprint density at radius 1 is 0.372 bits per heavy atom. The van der Waals surface area contributed by atoms with Crippen LogP contribution in [0.3, 0.4) is 0 Å². The molecule has 1 aromatic heterocycles. The fourth-order valence-corrected chi connectivity index (χ4v) is 6.07. The predicted octanol–water partition coefficient (Wildman–Crippen LogP) is 12.0. The zero-order valence-corrected chi connectivity index (χ0v) is 22.2. The van der Waals surface area contributed by atoms with Crippen molar-refractivity contribution in [1.82, 2.24) is 0 Å². The summed E-state index contributed by atoms with van der Waals surface area (Å²) < 4.78 is 146. The molecule has 0 unspecified atom stereocenters. The van der Waals surface area contributed by atoms with Crippen LogP contribution in [-0.4, -0.2) is 0 Å². The topological polar surface area (TPSA) is 13.1 Å². The van der Waals surface area contributed by atoms with Crippen molar-refractivity contribution in [2.24, 2.45) is 0 Å². The van der Waals surface area contributed by atoms with Crippen LogP contribution in [0.4, 0.5) is 0 Å². The minimum absolute atomic E-state index is 0.00594. The quantitative estimate of drug-likeness (QED) is 0.195. The van der Waals surface area contributed by atoms with E-state index in [0.717, 1.165) is 0 Å². The molecule has 0 aliphatic rings. The van der Waals surface area contributed by atoms with Crippen LogP contribution in [0.15, 0.2) is 162 Å². The molecule has 8 aromatic carbocycles. The third kappa shape index (κ3) is 3.58. The van der Waals surface area contributed by atoms with Gasteiger partial charge in [-0.15, -0.1) is 0 Å². The second kappa shape index (κ2) is 9.44. The molecule has 0 aliphatic heterocycles. The molecule has 1 heteroatoms. The molecule has 43 heavy (non-hydrogen) atoms. The third-order valence-electron chi connectivity index (χ3n) is 7.83. The summed E-state index contributed by atoms with van der Waals surface area (Å²) in [5.74, 6) is 0. The number of furan rings is 1. The van der Waals surface area contributed by atoms with Gasteiger partial charge in [-0.1, -0.05) is 151 Å². The van der Waals surface area contributed by atoms with Gasteiger partial charge in [0.15, 0.2) is 0 Å². The van der Waals surface area contributed by atoms with Crippen molar-refractivity contribution in [3.05, 3.63) is 157 Å². The Balaban J connectivity index is 1.48. The zero-order chi connectivity index (χ0) is 42.3. The lowest BCUT2D eigenvalue weighted by atomic mass is 9.84. The molecule has 0 saturated carbocycles. The zero-order valence-electron chi connectivity index (χ0n) is 38.2. The largest absolute Gasteiger partial charge is 0.455 e. The van der Waals surface area contributed by atoms with Crippen molar-refractivity contribution in [1.29, 1.82) is 0 Å². The highest BCUT2D eigenvalue weighted by atomic mass is 16.3. The molecular formula is C42H26O. The maximum atomic E-state index is 9.33. The molecule has 0 amide bonds. The number of fused-ring (bicyclic) bond motifs is 6. The van der Waals surface area contributed by atoms with E-state index in [9.17, 15) is 4.11 Å². The van der Waals surface area contributed by atoms with Crippen molar-refractivity contribution in [2.75, 3.05) is 0 Å². The molecule has 1 nitrogen and oxygen atoms in total. The van der Waals surface area contributed by atoms with Gasteiger partial charge in [0.05, 0.1) is 21.9 Å². The molecule has 0 radical (unpaired) electrons. The standard InChI is InChI=1S/C42H26O/c1-2-13-27(14-3-1)40-32-18-6-8-20-34(32)41(35-21-9-7-19-33(35)40)36-26-25-30(28-15-4-5-16-29(28)36)37-22-12-23-38-31-17-10-11-24-39(31)43-42(37)38/h1-26H/i1D,2D,3D,6D,7D,8D,9D,10D,11D,13D,14D,17D,18D,20D,21D,24D. The summed E-state index contributed by atoms with van der Waals surface area (Å²) in [6.45, 7) is 0. The van der Waals surface area contributed by atoms with E-state index in [1.165, 1.54) is 6.07 Å². The van der Waals surface area contributed by atoms with Crippen LogP contribution in [0.1, 0.15) is 21.9 Å². The van der Waals surface area contributed by atoms with Crippen molar-refractivity contribution >= 4 is 54.3 Å². The second-order valence-electron chi connectivity index (χ2n) is 10.0. The van der Waals surface area contributed by atoms with Gasteiger partial charge in [-0.3, -0.25) is 0 Å². The average Bonchev–Trinajstić information content (AvgIpc) is 3.64. The van der Waals surface area contributed by atoms with E-state index in [0.29, 0.717) is 38.4 Å². The maximum Gasteiger partial charge on any atom is 0.143 e. The highest BCUT2D eigenvalue weighted by Crippen LogP contribution is 2.47. The summed E-state index contributed by atoms with van der Waals surface area (Å²) in [5.41, 5.74) is 1.32. The van der Waals surface area contributed by atoms with E-state index in [1.807, 2.05) is 6.07 Å². The molecule has 0 saturated heterocycles. The Hall–Kier alpha value is -5.66. The lowest BCUT2D eigenvalue weighted by Gasteiger charge is -2.19. The average molecular weight is 563 g/mol. The Kier molecular flexibility index (Phi) is 2.88. The van der Waals surface area contributed by atoms with Crippen molar-refractivity contribution in [3.63, 3.8) is 0 Å². The van der Waals surface area contributed by atoms with Crippen molar-refractivity contribution < 1.29 is 26.3 Å². The van der Waals surface area contributed by atoms with Crippen molar-refractivity contribution in [2.45, 2.75) is 0 Å². The van der Waals surface area contributed by atoms with E-state index in [1.54, 1.807) is 48.5 Å². The van der Waals surface area contributed by atoms with Gasteiger partial charge >= 0.3 is 0 Å². The smallest absolute Gasteiger partial charge is 0.143 e. The maximum absolute atomic E-state index is 9.33. The lowest BCUT2D eigenvalue weighted by molar-refractivity contribution is 0.670. The molecule has 9 aromatic rings. The Bertz CT molecular complexity index is 3380. The van der Waals surface area contributed by atoms with E-state index in [2.05, 4.69) is 0 Å². The van der Waals surface area contributed by atoms with Gasteiger partial charge < -0.3 is 4.42 Å². The van der Waals surface area contributed by atoms with E-state index >= 15 is 0 Å². The van der Waals surface area contributed by atoms with E-state index < -0.39 is 84.6 Å². The molecule has 0 N–H and O–H groups in total. The molecule has 0 aliphatic carbocycles. The van der Waals surface area contributed by atoms with Gasteiger partial charge in [-0.05, 0) is 66.2 Å². The summed E-state index contributed by atoms with van der Waals surface area (Å²) in [7, 11) is 0. The number of hydrogen-bond acceptors (Lipinski definition) is 1. The fraction of sp³-hybridized carbons (Fsp3) is 0. The van der Waals surface area contributed by atoms with Crippen LogP contribution in [-0.2, 0) is 0 Å². The van der Waals surface area contributed by atoms with Crippen LogP contribution in [0.5, 0.6) is 0 Å². The first-order chi connectivity index (χ1) is 28.0. The van der Waals surface area contributed by atoms with E-state index in [4.69, 9.17) is 22.2 Å². The van der Waals surface area contributed by atoms with Crippen LogP contribution >= 0.6 is 0 Å². The molecule has 0 atom stereocenters. The van der Waals surface area contributed by atoms with Crippen LogP contribution < -0.4 is 0 Å². The predicted molar refractivity (Wildman–Crippen MR) is 183 cm³/mol.